The molecule has 3 nitrogen and oxygen atoms in total. The maximum atomic E-state index is 4.52. The van der Waals surface area contributed by atoms with E-state index >= 15 is 0 Å². The van der Waals surface area contributed by atoms with Crippen molar-refractivity contribution >= 4 is 5.82 Å². The monoisotopic (exact) mass is 247 g/mol. The second-order valence-corrected chi connectivity index (χ2v) is 5.39. The molecule has 0 spiro atoms. The maximum Gasteiger partial charge on any atom is 0.125 e. The molecule has 1 fully saturated rings. The van der Waals surface area contributed by atoms with E-state index in [0.717, 1.165) is 18.8 Å². The molecule has 0 saturated carbocycles. The third-order valence-electron chi connectivity index (χ3n) is 3.68. The lowest BCUT2D eigenvalue weighted by atomic mass is 10.1. The zero-order chi connectivity index (χ0) is 13.0. The van der Waals surface area contributed by atoms with E-state index in [1.807, 2.05) is 6.20 Å². The molecule has 0 unspecified atom stereocenters. The molecule has 1 N–H and O–H groups in total. The summed E-state index contributed by atoms with van der Waals surface area (Å²) in [4.78, 5) is 7.10. The summed E-state index contributed by atoms with van der Waals surface area (Å²) in [5.74, 6) is 0.995. The van der Waals surface area contributed by atoms with Gasteiger partial charge in [-0.05, 0) is 51.3 Å². The number of hydrogen-bond acceptors (Lipinski definition) is 3. The quantitative estimate of drug-likeness (QED) is 0.864. The van der Waals surface area contributed by atoms with Gasteiger partial charge in [0.05, 0.1) is 0 Å². The van der Waals surface area contributed by atoms with E-state index in [1.165, 1.54) is 24.9 Å². The fraction of sp³-hybridized carbons (Fsp3) is 0.667. The van der Waals surface area contributed by atoms with Gasteiger partial charge in [-0.25, -0.2) is 4.98 Å². The smallest absolute Gasteiger partial charge is 0.125 e. The van der Waals surface area contributed by atoms with Crippen LogP contribution in [0.4, 0.5) is 5.82 Å². The zero-order valence-electron chi connectivity index (χ0n) is 11.8. The lowest BCUT2D eigenvalue weighted by molar-refractivity contribution is 0.205. The highest BCUT2D eigenvalue weighted by atomic mass is 15.2. The second kappa shape index (κ2) is 6.19. The third kappa shape index (κ3) is 3.02. The van der Waals surface area contributed by atoms with E-state index in [1.54, 1.807) is 0 Å². The maximum absolute atomic E-state index is 4.52. The van der Waals surface area contributed by atoms with Gasteiger partial charge in [-0.3, -0.25) is 4.90 Å². The van der Waals surface area contributed by atoms with Crippen LogP contribution in [0.1, 0.15) is 51.6 Å². The Labute approximate surface area is 111 Å². The Kier molecular flexibility index (Phi) is 4.59. The summed E-state index contributed by atoms with van der Waals surface area (Å²) in [5, 5.41) is 3.32. The topological polar surface area (TPSA) is 28.2 Å². The number of pyridine rings is 1. The van der Waals surface area contributed by atoms with Crippen molar-refractivity contribution < 1.29 is 0 Å². The lowest BCUT2D eigenvalue weighted by Gasteiger charge is -2.28. The van der Waals surface area contributed by atoms with Crippen molar-refractivity contribution in [1.82, 2.24) is 9.88 Å². The first-order valence-electron chi connectivity index (χ1n) is 7.18. The van der Waals surface area contributed by atoms with Gasteiger partial charge in [-0.15, -0.1) is 0 Å². The highest BCUT2D eigenvalue weighted by molar-refractivity contribution is 5.36. The van der Waals surface area contributed by atoms with E-state index in [0.29, 0.717) is 12.1 Å². The molecule has 0 bridgehead atoms. The van der Waals surface area contributed by atoms with E-state index in [-0.39, 0.29) is 0 Å². The van der Waals surface area contributed by atoms with E-state index < -0.39 is 0 Å². The molecule has 0 aliphatic carbocycles. The first-order valence-corrected chi connectivity index (χ1v) is 7.18. The van der Waals surface area contributed by atoms with Gasteiger partial charge in [0.1, 0.15) is 5.82 Å². The Hall–Kier alpha value is -1.09. The molecule has 1 aromatic rings. The number of hydrogen-bond donors (Lipinski definition) is 1. The van der Waals surface area contributed by atoms with Crippen LogP contribution in [0, 0.1) is 0 Å². The van der Waals surface area contributed by atoms with Gasteiger partial charge in [-0.1, -0.05) is 13.0 Å². The predicted octanol–water partition coefficient (Wildman–Crippen LogP) is 3.45. The average molecular weight is 247 g/mol. The molecule has 1 saturated heterocycles. The molecule has 1 aliphatic rings. The van der Waals surface area contributed by atoms with E-state index in [9.17, 15) is 0 Å². The number of rotatable bonds is 5. The normalized spacial score (nSPS) is 20.6. The van der Waals surface area contributed by atoms with Crippen LogP contribution in [0.25, 0.3) is 0 Å². The van der Waals surface area contributed by atoms with Gasteiger partial charge in [0.25, 0.3) is 0 Å². The number of nitrogens with zero attached hydrogens (tertiary/aromatic N) is 2. The largest absolute Gasteiger partial charge is 0.370 e. The van der Waals surface area contributed by atoms with Crippen LogP contribution in [0.2, 0.25) is 0 Å². The van der Waals surface area contributed by atoms with Gasteiger partial charge in [-0.2, -0.15) is 0 Å². The van der Waals surface area contributed by atoms with Crippen LogP contribution < -0.4 is 5.32 Å². The molecule has 2 rings (SSSR count). The first-order chi connectivity index (χ1) is 8.72. The highest BCUT2D eigenvalue weighted by Crippen LogP contribution is 2.33. The SMILES string of the molecule is CCCNc1ccc([C@H]2CCCN2C(C)C)cn1. The second-order valence-electron chi connectivity index (χ2n) is 5.39. The molecule has 2 heterocycles. The minimum atomic E-state index is 0.567. The minimum absolute atomic E-state index is 0.567. The Bertz CT molecular complexity index is 359. The molecule has 100 valence electrons. The van der Waals surface area contributed by atoms with Crippen molar-refractivity contribution in [1.29, 1.82) is 0 Å². The van der Waals surface area contributed by atoms with Crippen molar-refractivity contribution in [2.45, 2.75) is 52.1 Å². The summed E-state index contributed by atoms with van der Waals surface area (Å²) in [6.07, 6.45) is 5.75. The standard InChI is InChI=1S/C15H25N3/c1-4-9-16-15-8-7-13(11-17-15)14-6-5-10-18(14)12(2)3/h7-8,11-12,14H,4-6,9-10H2,1-3H3,(H,16,17)/t14-/m1/s1. The number of likely N-dealkylation sites (tertiary alicyclic amines) is 1. The summed E-state index contributed by atoms with van der Waals surface area (Å²) < 4.78 is 0. The highest BCUT2D eigenvalue weighted by Gasteiger charge is 2.27. The van der Waals surface area contributed by atoms with Gasteiger partial charge < -0.3 is 5.32 Å². The van der Waals surface area contributed by atoms with Crippen molar-refractivity contribution in [3.63, 3.8) is 0 Å². The summed E-state index contributed by atoms with van der Waals surface area (Å²) in [7, 11) is 0. The lowest BCUT2D eigenvalue weighted by Crippen LogP contribution is -2.30. The van der Waals surface area contributed by atoms with Gasteiger partial charge in [0, 0.05) is 24.8 Å². The van der Waals surface area contributed by atoms with Crippen LogP contribution in [0.3, 0.4) is 0 Å². The summed E-state index contributed by atoms with van der Waals surface area (Å²) in [5.41, 5.74) is 1.36. The summed E-state index contributed by atoms with van der Waals surface area (Å²) in [6, 6.07) is 5.53. The molecule has 3 heteroatoms. The van der Waals surface area contributed by atoms with Crippen LogP contribution in [-0.2, 0) is 0 Å². The average Bonchev–Trinajstić information content (AvgIpc) is 2.86. The van der Waals surface area contributed by atoms with Crippen LogP contribution in [0.15, 0.2) is 18.3 Å². The summed E-state index contributed by atoms with van der Waals surface area (Å²) >= 11 is 0. The molecular weight excluding hydrogens is 222 g/mol. The van der Waals surface area contributed by atoms with Crippen molar-refractivity contribution in [3.05, 3.63) is 23.9 Å². The molecule has 1 aromatic heterocycles. The molecule has 0 radical (unpaired) electrons. The molecule has 0 amide bonds. The van der Waals surface area contributed by atoms with Crippen LogP contribution >= 0.6 is 0 Å². The fourth-order valence-electron chi connectivity index (χ4n) is 2.73. The Morgan fingerprint density at radius 1 is 1.44 bits per heavy atom. The Morgan fingerprint density at radius 2 is 2.28 bits per heavy atom. The molecule has 1 aliphatic heterocycles. The van der Waals surface area contributed by atoms with Gasteiger partial charge in [0.15, 0.2) is 0 Å². The molecule has 0 aromatic carbocycles. The number of anilines is 1. The Balaban J connectivity index is 2.04. The number of aromatic nitrogens is 1. The van der Waals surface area contributed by atoms with Gasteiger partial charge in [0.2, 0.25) is 0 Å². The first kappa shape index (κ1) is 13.3. The third-order valence-corrected chi connectivity index (χ3v) is 3.68. The fourth-order valence-corrected chi connectivity index (χ4v) is 2.73. The van der Waals surface area contributed by atoms with Crippen LogP contribution in [0.5, 0.6) is 0 Å². The van der Waals surface area contributed by atoms with E-state index in [2.05, 4.69) is 48.1 Å². The van der Waals surface area contributed by atoms with Crippen LogP contribution in [-0.4, -0.2) is 29.0 Å². The van der Waals surface area contributed by atoms with Crippen molar-refractivity contribution in [2.24, 2.45) is 0 Å². The molecular formula is C15H25N3. The zero-order valence-corrected chi connectivity index (χ0v) is 11.8. The molecule has 1 atom stereocenters. The Morgan fingerprint density at radius 3 is 2.89 bits per heavy atom. The molecule has 18 heavy (non-hydrogen) atoms. The van der Waals surface area contributed by atoms with Crippen molar-refractivity contribution in [2.75, 3.05) is 18.4 Å². The minimum Gasteiger partial charge on any atom is -0.370 e. The van der Waals surface area contributed by atoms with Crippen molar-refractivity contribution in [3.8, 4) is 0 Å². The van der Waals surface area contributed by atoms with Gasteiger partial charge >= 0.3 is 0 Å². The van der Waals surface area contributed by atoms with E-state index in [4.69, 9.17) is 0 Å². The number of nitrogens with one attached hydrogen (secondary N) is 1. The predicted molar refractivity (Wildman–Crippen MR) is 76.8 cm³/mol. The summed E-state index contributed by atoms with van der Waals surface area (Å²) in [6.45, 7) is 8.94.